The maximum atomic E-state index is 12.9. The minimum Gasteiger partial charge on any atom is -0.478 e. The van der Waals surface area contributed by atoms with Crippen molar-refractivity contribution < 1.29 is 27.8 Å². The van der Waals surface area contributed by atoms with Crippen molar-refractivity contribution in [1.82, 2.24) is 0 Å². The molecule has 110 valence electrons. The zero-order valence-electron chi connectivity index (χ0n) is 10.5. The van der Waals surface area contributed by atoms with Gasteiger partial charge >= 0.3 is 12.1 Å². The number of carboxylic acids is 1. The first kappa shape index (κ1) is 14.7. The van der Waals surface area contributed by atoms with Crippen molar-refractivity contribution in [2.24, 2.45) is 0 Å². The first-order chi connectivity index (χ1) is 9.79. The van der Waals surface area contributed by atoms with Crippen LogP contribution in [0.15, 0.2) is 42.5 Å². The third-order valence-electron chi connectivity index (χ3n) is 2.65. The molecule has 0 atom stereocenters. The summed E-state index contributed by atoms with van der Waals surface area (Å²) in [5.74, 6) is -1.99. The van der Waals surface area contributed by atoms with Crippen LogP contribution < -0.4 is 10.5 Å². The van der Waals surface area contributed by atoms with Gasteiger partial charge in [0, 0.05) is 5.69 Å². The number of nitrogen functional groups attached to an aromatic ring is 1. The van der Waals surface area contributed by atoms with Gasteiger partial charge in [-0.2, -0.15) is 13.2 Å². The predicted molar refractivity (Wildman–Crippen MR) is 69.3 cm³/mol. The third kappa shape index (κ3) is 3.25. The number of hydrogen-bond donors (Lipinski definition) is 2. The lowest BCUT2D eigenvalue weighted by Crippen LogP contribution is -2.09. The lowest BCUT2D eigenvalue weighted by atomic mass is 10.1. The number of benzene rings is 2. The van der Waals surface area contributed by atoms with Crippen molar-refractivity contribution in [1.29, 1.82) is 0 Å². The fourth-order valence-corrected chi connectivity index (χ4v) is 1.71. The molecule has 0 aromatic heterocycles. The van der Waals surface area contributed by atoms with E-state index in [0.717, 1.165) is 12.1 Å². The number of rotatable bonds is 3. The molecule has 0 aliphatic rings. The Kier molecular flexibility index (Phi) is 3.75. The molecular weight excluding hydrogens is 287 g/mol. The lowest BCUT2D eigenvalue weighted by molar-refractivity contribution is -0.138. The second-order valence-electron chi connectivity index (χ2n) is 4.16. The molecule has 3 N–H and O–H groups in total. The first-order valence-corrected chi connectivity index (χ1v) is 5.76. The van der Waals surface area contributed by atoms with E-state index in [0.29, 0.717) is 0 Å². The topological polar surface area (TPSA) is 72.5 Å². The number of halogens is 3. The molecule has 2 aromatic rings. The molecule has 0 fully saturated rings. The van der Waals surface area contributed by atoms with Crippen LogP contribution in [-0.4, -0.2) is 11.1 Å². The molecule has 2 aromatic carbocycles. The summed E-state index contributed by atoms with van der Waals surface area (Å²) in [7, 11) is 0. The van der Waals surface area contributed by atoms with Crippen molar-refractivity contribution in [3.05, 3.63) is 53.6 Å². The Labute approximate surface area is 117 Å². The van der Waals surface area contributed by atoms with Gasteiger partial charge in [-0.25, -0.2) is 4.79 Å². The predicted octanol–water partition coefficient (Wildman–Crippen LogP) is 3.78. The molecule has 0 aliphatic heterocycles. The van der Waals surface area contributed by atoms with Crippen molar-refractivity contribution in [3.8, 4) is 11.5 Å². The van der Waals surface area contributed by atoms with E-state index >= 15 is 0 Å². The Morgan fingerprint density at radius 2 is 1.76 bits per heavy atom. The van der Waals surface area contributed by atoms with Gasteiger partial charge in [0.05, 0.1) is 0 Å². The highest BCUT2D eigenvalue weighted by atomic mass is 19.4. The zero-order chi connectivity index (χ0) is 15.6. The number of alkyl halides is 3. The molecule has 21 heavy (non-hydrogen) atoms. The quantitative estimate of drug-likeness (QED) is 0.846. The van der Waals surface area contributed by atoms with Gasteiger partial charge in [-0.3, -0.25) is 0 Å². The van der Waals surface area contributed by atoms with Gasteiger partial charge in [-0.1, -0.05) is 12.1 Å². The van der Waals surface area contributed by atoms with Crippen LogP contribution >= 0.6 is 0 Å². The SMILES string of the molecule is Nc1ccc(Oc2ccccc2C(=O)O)c(C(F)(F)F)c1. The van der Waals surface area contributed by atoms with Gasteiger partial charge in [0.1, 0.15) is 22.6 Å². The normalized spacial score (nSPS) is 11.2. The van der Waals surface area contributed by atoms with E-state index in [1.165, 1.54) is 30.3 Å². The van der Waals surface area contributed by atoms with Crippen molar-refractivity contribution >= 4 is 11.7 Å². The molecule has 0 amide bonds. The van der Waals surface area contributed by atoms with E-state index in [-0.39, 0.29) is 17.0 Å². The maximum absolute atomic E-state index is 12.9. The number of aromatic carboxylic acids is 1. The molecule has 0 radical (unpaired) electrons. The number of para-hydroxylation sites is 1. The van der Waals surface area contributed by atoms with Crippen LogP contribution in [0.3, 0.4) is 0 Å². The van der Waals surface area contributed by atoms with Crippen molar-refractivity contribution in [2.45, 2.75) is 6.18 Å². The first-order valence-electron chi connectivity index (χ1n) is 5.76. The van der Waals surface area contributed by atoms with Gasteiger partial charge in [-0.05, 0) is 30.3 Å². The van der Waals surface area contributed by atoms with Crippen LogP contribution in [0.4, 0.5) is 18.9 Å². The van der Waals surface area contributed by atoms with Gasteiger partial charge in [0.2, 0.25) is 0 Å². The lowest BCUT2D eigenvalue weighted by Gasteiger charge is -2.15. The van der Waals surface area contributed by atoms with Gasteiger partial charge in [-0.15, -0.1) is 0 Å². The standard InChI is InChI=1S/C14H10F3NO3/c15-14(16,17)10-7-8(18)5-6-12(10)21-11-4-2-1-3-9(11)13(19)20/h1-7H,18H2,(H,19,20). The highest BCUT2D eigenvalue weighted by molar-refractivity contribution is 5.90. The van der Waals surface area contributed by atoms with Crippen LogP contribution in [-0.2, 0) is 6.18 Å². The number of ether oxygens (including phenoxy) is 1. The number of carboxylic acid groups (broad SMARTS) is 1. The molecular formula is C14H10F3NO3. The Balaban J connectivity index is 2.48. The maximum Gasteiger partial charge on any atom is 0.420 e. The van der Waals surface area contributed by atoms with E-state index in [1.807, 2.05) is 0 Å². The van der Waals surface area contributed by atoms with Crippen LogP contribution in [0.5, 0.6) is 11.5 Å². The summed E-state index contributed by atoms with van der Waals surface area (Å²) in [6.45, 7) is 0. The number of carbonyl (C=O) groups is 1. The van der Waals surface area contributed by atoms with Crippen LogP contribution in [0.25, 0.3) is 0 Å². The number of nitrogens with two attached hydrogens (primary N) is 1. The van der Waals surface area contributed by atoms with E-state index in [9.17, 15) is 18.0 Å². The van der Waals surface area contributed by atoms with Crippen LogP contribution in [0, 0.1) is 0 Å². The van der Waals surface area contributed by atoms with E-state index in [4.69, 9.17) is 15.6 Å². The number of hydrogen-bond acceptors (Lipinski definition) is 3. The van der Waals surface area contributed by atoms with Gasteiger partial charge in [0.25, 0.3) is 0 Å². The van der Waals surface area contributed by atoms with Crippen LogP contribution in [0.2, 0.25) is 0 Å². The summed E-state index contributed by atoms with van der Waals surface area (Å²) < 4.78 is 43.9. The average Bonchev–Trinajstić information content (AvgIpc) is 2.40. The van der Waals surface area contributed by atoms with Gasteiger partial charge in [0.15, 0.2) is 0 Å². The monoisotopic (exact) mass is 297 g/mol. The Morgan fingerprint density at radius 1 is 1.10 bits per heavy atom. The van der Waals surface area contributed by atoms with E-state index < -0.39 is 23.5 Å². The second kappa shape index (κ2) is 5.35. The van der Waals surface area contributed by atoms with Crippen molar-refractivity contribution in [2.75, 3.05) is 5.73 Å². The smallest absolute Gasteiger partial charge is 0.420 e. The summed E-state index contributed by atoms with van der Waals surface area (Å²) in [5.41, 5.74) is 3.98. The molecule has 0 bridgehead atoms. The second-order valence-corrected chi connectivity index (χ2v) is 4.16. The Hall–Kier alpha value is -2.70. The number of anilines is 1. The highest BCUT2D eigenvalue weighted by Crippen LogP contribution is 2.39. The summed E-state index contributed by atoms with van der Waals surface area (Å²) in [6, 6.07) is 8.46. The Morgan fingerprint density at radius 3 is 2.38 bits per heavy atom. The third-order valence-corrected chi connectivity index (χ3v) is 2.65. The van der Waals surface area contributed by atoms with E-state index in [1.54, 1.807) is 0 Å². The molecule has 0 aliphatic carbocycles. The molecule has 0 spiro atoms. The largest absolute Gasteiger partial charge is 0.478 e. The summed E-state index contributed by atoms with van der Waals surface area (Å²) in [4.78, 5) is 11.0. The molecule has 0 unspecified atom stereocenters. The fraction of sp³-hybridized carbons (Fsp3) is 0.0714. The minimum atomic E-state index is -4.66. The summed E-state index contributed by atoms with van der Waals surface area (Å²) in [6.07, 6.45) is -4.66. The zero-order valence-corrected chi connectivity index (χ0v) is 10.5. The minimum absolute atomic E-state index is 0.0683. The van der Waals surface area contributed by atoms with Gasteiger partial charge < -0.3 is 15.6 Å². The highest BCUT2D eigenvalue weighted by Gasteiger charge is 2.35. The summed E-state index contributed by atoms with van der Waals surface area (Å²) >= 11 is 0. The fourth-order valence-electron chi connectivity index (χ4n) is 1.71. The molecule has 0 saturated heterocycles. The average molecular weight is 297 g/mol. The molecule has 0 saturated carbocycles. The van der Waals surface area contributed by atoms with Crippen molar-refractivity contribution in [3.63, 3.8) is 0 Å². The molecule has 2 rings (SSSR count). The Bertz CT molecular complexity index is 683. The molecule has 7 heteroatoms. The molecule has 4 nitrogen and oxygen atoms in total. The van der Waals surface area contributed by atoms with E-state index in [2.05, 4.69) is 0 Å². The summed E-state index contributed by atoms with van der Waals surface area (Å²) in [5, 5.41) is 8.99. The molecule has 0 heterocycles. The van der Waals surface area contributed by atoms with Crippen LogP contribution in [0.1, 0.15) is 15.9 Å².